The summed E-state index contributed by atoms with van der Waals surface area (Å²) in [6.45, 7) is 1.01. The van der Waals surface area contributed by atoms with E-state index in [9.17, 15) is 4.39 Å². The molecule has 18 heavy (non-hydrogen) atoms. The van der Waals surface area contributed by atoms with Crippen molar-refractivity contribution in [3.63, 3.8) is 0 Å². The summed E-state index contributed by atoms with van der Waals surface area (Å²) >= 11 is 3.18. The van der Waals surface area contributed by atoms with Gasteiger partial charge in [-0.15, -0.1) is 0 Å². The van der Waals surface area contributed by atoms with Crippen LogP contribution in [0, 0.1) is 11.7 Å². The van der Waals surface area contributed by atoms with Crippen LogP contribution < -0.4 is 10.6 Å². The minimum absolute atomic E-state index is 0.224. The fourth-order valence-electron chi connectivity index (χ4n) is 3.51. The summed E-state index contributed by atoms with van der Waals surface area (Å²) in [6.07, 6.45) is 6.40. The molecule has 1 aromatic carbocycles. The van der Waals surface area contributed by atoms with Gasteiger partial charge < -0.3 is 10.6 Å². The van der Waals surface area contributed by atoms with Crippen LogP contribution in [0.15, 0.2) is 16.6 Å². The highest BCUT2D eigenvalue weighted by atomic mass is 79.9. The predicted molar refractivity (Wildman–Crippen MR) is 76.2 cm³/mol. The van der Waals surface area contributed by atoms with Crippen molar-refractivity contribution in [2.75, 3.05) is 17.2 Å². The summed E-state index contributed by atoms with van der Waals surface area (Å²) in [5.74, 6) is 0.559. The van der Waals surface area contributed by atoms with Gasteiger partial charge in [0, 0.05) is 18.7 Å². The molecule has 2 fully saturated rings. The zero-order chi connectivity index (χ0) is 12.7. The summed E-state index contributed by atoms with van der Waals surface area (Å²) in [5, 5.41) is 0. The molecule has 1 saturated heterocycles. The average Bonchev–Trinajstić information content (AvgIpc) is 2.78. The molecule has 1 aliphatic heterocycles. The van der Waals surface area contributed by atoms with Crippen LogP contribution in [0.2, 0.25) is 0 Å². The number of anilines is 2. The zero-order valence-electron chi connectivity index (χ0n) is 10.3. The Balaban J connectivity index is 1.93. The molecular formula is C14H18BrFN2. The molecule has 2 atom stereocenters. The fourth-order valence-corrected chi connectivity index (χ4v) is 3.87. The molecule has 2 unspecified atom stereocenters. The first-order valence-corrected chi connectivity index (χ1v) is 7.47. The highest BCUT2D eigenvalue weighted by Crippen LogP contribution is 2.41. The van der Waals surface area contributed by atoms with Gasteiger partial charge in [0.15, 0.2) is 0 Å². The Hall–Kier alpha value is -0.770. The van der Waals surface area contributed by atoms with Crippen molar-refractivity contribution in [3.05, 3.63) is 22.4 Å². The van der Waals surface area contributed by atoms with Gasteiger partial charge in [-0.3, -0.25) is 0 Å². The van der Waals surface area contributed by atoms with Gasteiger partial charge >= 0.3 is 0 Å². The van der Waals surface area contributed by atoms with Crippen LogP contribution in [0.5, 0.6) is 0 Å². The highest BCUT2D eigenvalue weighted by Gasteiger charge is 2.36. The van der Waals surface area contributed by atoms with Crippen LogP contribution in [0.3, 0.4) is 0 Å². The minimum atomic E-state index is -0.224. The molecule has 2 nitrogen and oxygen atoms in total. The molecule has 0 amide bonds. The first-order valence-electron chi connectivity index (χ1n) is 6.68. The molecule has 98 valence electrons. The van der Waals surface area contributed by atoms with Crippen LogP contribution >= 0.6 is 15.9 Å². The predicted octanol–water partition coefficient (Wildman–Crippen LogP) is 3.94. The Morgan fingerprint density at radius 2 is 2.00 bits per heavy atom. The first kappa shape index (κ1) is 12.3. The quantitative estimate of drug-likeness (QED) is 0.796. The van der Waals surface area contributed by atoms with E-state index in [0.29, 0.717) is 16.2 Å². The second-order valence-corrected chi connectivity index (χ2v) is 6.27. The smallest absolute Gasteiger partial charge is 0.139 e. The normalized spacial score (nSPS) is 27.3. The molecule has 1 heterocycles. The topological polar surface area (TPSA) is 29.3 Å². The molecule has 0 bridgehead atoms. The minimum Gasteiger partial charge on any atom is -0.397 e. The van der Waals surface area contributed by atoms with Crippen molar-refractivity contribution in [2.24, 2.45) is 5.92 Å². The van der Waals surface area contributed by atoms with E-state index in [1.807, 2.05) is 0 Å². The first-order chi connectivity index (χ1) is 8.66. The third kappa shape index (κ3) is 2.00. The zero-order valence-corrected chi connectivity index (χ0v) is 11.9. The second kappa shape index (κ2) is 4.72. The largest absolute Gasteiger partial charge is 0.397 e. The third-order valence-corrected chi connectivity index (χ3v) is 5.00. The van der Waals surface area contributed by atoms with Crippen LogP contribution in [0.4, 0.5) is 15.8 Å². The van der Waals surface area contributed by atoms with E-state index in [2.05, 4.69) is 20.8 Å². The van der Waals surface area contributed by atoms with Crippen molar-refractivity contribution in [2.45, 2.75) is 38.1 Å². The average molecular weight is 313 g/mol. The summed E-state index contributed by atoms with van der Waals surface area (Å²) in [6, 6.07) is 3.83. The maximum absolute atomic E-state index is 13.7. The van der Waals surface area contributed by atoms with E-state index in [0.717, 1.165) is 18.2 Å². The Labute approximate surface area is 115 Å². The lowest BCUT2D eigenvalue weighted by atomic mass is 9.85. The fraction of sp³-hybridized carbons (Fsp3) is 0.571. The summed E-state index contributed by atoms with van der Waals surface area (Å²) < 4.78 is 14.2. The molecule has 0 spiro atoms. The molecule has 4 heteroatoms. The summed E-state index contributed by atoms with van der Waals surface area (Å²) in [4.78, 5) is 2.33. The van der Waals surface area contributed by atoms with Gasteiger partial charge in [0.05, 0.1) is 15.8 Å². The number of hydrogen-bond donors (Lipinski definition) is 1. The van der Waals surface area contributed by atoms with Gasteiger partial charge in [-0.05, 0) is 47.2 Å². The molecule has 1 aliphatic carbocycles. The van der Waals surface area contributed by atoms with Crippen molar-refractivity contribution in [1.29, 1.82) is 0 Å². The molecular weight excluding hydrogens is 295 g/mol. The van der Waals surface area contributed by atoms with E-state index in [1.165, 1.54) is 32.1 Å². The number of nitrogens with zero attached hydrogens (tertiary/aromatic N) is 1. The maximum Gasteiger partial charge on any atom is 0.139 e. The maximum atomic E-state index is 13.7. The van der Waals surface area contributed by atoms with Crippen LogP contribution in [0.25, 0.3) is 0 Å². The Bertz CT molecular complexity index is 463. The Morgan fingerprint density at radius 1 is 1.22 bits per heavy atom. The number of hydrogen-bond acceptors (Lipinski definition) is 2. The number of fused-ring (bicyclic) bond motifs is 1. The molecule has 2 N–H and O–H groups in total. The molecule has 0 radical (unpaired) electrons. The van der Waals surface area contributed by atoms with Gasteiger partial charge in [0.2, 0.25) is 0 Å². The van der Waals surface area contributed by atoms with Gasteiger partial charge in [0.25, 0.3) is 0 Å². The molecule has 0 aromatic heterocycles. The van der Waals surface area contributed by atoms with E-state index in [-0.39, 0.29) is 5.82 Å². The van der Waals surface area contributed by atoms with E-state index >= 15 is 0 Å². The summed E-state index contributed by atoms with van der Waals surface area (Å²) in [5.41, 5.74) is 7.61. The van der Waals surface area contributed by atoms with Crippen LogP contribution in [-0.2, 0) is 0 Å². The molecule has 1 saturated carbocycles. The van der Waals surface area contributed by atoms with Gasteiger partial charge in [-0.2, -0.15) is 0 Å². The monoisotopic (exact) mass is 312 g/mol. The van der Waals surface area contributed by atoms with Crippen molar-refractivity contribution in [1.82, 2.24) is 0 Å². The Morgan fingerprint density at radius 3 is 2.83 bits per heavy atom. The second-order valence-electron chi connectivity index (χ2n) is 5.42. The number of nitrogens with two attached hydrogens (primary N) is 1. The number of rotatable bonds is 1. The van der Waals surface area contributed by atoms with Gasteiger partial charge in [-0.1, -0.05) is 12.8 Å². The van der Waals surface area contributed by atoms with Gasteiger partial charge in [0.1, 0.15) is 5.82 Å². The standard InChI is InChI=1S/C14H18BrFN2/c15-10-7-12(17)14(8-11(10)16)18-6-5-9-3-1-2-4-13(9)18/h7-9,13H,1-6,17H2. The molecule has 1 aromatic rings. The Kier molecular flexibility index (Phi) is 3.22. The SMILES string of the molecule is Nc1cc(Br)c(F)cc1N1CCC2CCCCC21. The molecule has 3 rings (SSSR count). The third-order valence-electron chi connectivity index (χ3n) is 4.39. The number of benzene rings is 1. The highest BCUT2D eigenvalue weighted by molar-refractivity contribution is 9.10. The van der Waals surface area contributed by atoms with Crippen LogP contribution in [-0.4, -0.2) is 12.6 Å². The number of halogens is 2. The lowest BCUT2D eigenvalue weighted by Crippen LogP contribution is -2.35. The lowest BCUT2D eigenvalue weighted by Gasteiger charge is -2.33. The van der Waals surface area contributed by atoms with Crippen molar-refractivity contribution >= 4 is 27.3 Å². The number of nitrogen functional groups attached to an aromatic ring is 1. The summed E-state index contributed by atoms with van der Waals surface area (Å²) in [7, 11) is 0. The molecule has 2 aliphatic rings. The van der Waals surface area contributed by atoms with Crippen LogP contribution in [0.1, 0.15) is 32.1 Å². The van der Waals surface area contributed by atoms with E-state index in [1.54, 1.807) is 12.1 Å². The van der Waals surface area contributed by atoms with Gasteiger partial charge in [-0.25, -0.2) is 4.39 Å². The van der Waals surface area contributed by atoms with Crippen molar-refractivity contribution in [3.8, 4) is 0 Å². The lowest BCUT2D eigenvalue weighted by molar-refractivity contribution is 0.342. The van der Waals surface area contributed by atoms with E-state index < -0.39 is 0 Å². The van der Waals surface area contributed by atoms with E-state index in [4.69, 9.17) is 5.73 Å². The van der Waals surface area contributed by atoms with Crippen molar-refractivity contribution < 1.29 is 4.39 Å².